The molecule has 1 aliphatic heterocycles. The number of thiazole rings is 1. The maximum Gasteiger partial charge on any atom is 0.325 e. The Balaban J connectivity index is 1.31. The lowest BCUT2D eigenvalue weighted by molar-refractivity contribution is 0.0322. The van der Waals surface area contributed by atoms with Gasteiger partial charge in [-0.25, -0.2) is 14.7 Å². The Morgan fingerprint density at radius 2 is 1.86 bits per heavy atom. The number of benzene rings is 3. The summed E-state index contributed by atoms with van der Waals surface area (Å²) in [5.74, 6) is 0.904. The normalized spacial score (nSPS) is 15.1. The highest BCUT2D eigenvalue weighted by Gasteiger charge is 2.29. The topological polar surface area (TPSA) is 110 Å². The maximum absolute atomic E-state index is 13.7. The molecule has 2 aliphatic rings. The Bertz CT molecular complexity index is 1620. The molecule has 0 atom stereocenters. The van der Waals surface area contributed by atoms with Gasteiger partial charge in [-0.05, 0) is 60.6 Å². The predicted molar refractivity (Wildman–Crippen MR) is 173 cm³/mol. The van der Waals surface area contributed by atoms with Gasteiger partial charge in [0.1, 0.15) is 17.2 Å². The number of amides is 3. The van der Waals surface area contributed by atoms with Gasteiger partial charge in [0.2, 0.25) is 0 Å². The third-order valence-electron chi connectivity index (χ3n) is 7.94. The molecule has 0 bridgehead atoms. The summed E-state index contributed by atoms with van der Waals surface area (Å²) >= 11 is 1.15. The van der Waals surface area contributed by atoms with E-state index in [9.17, 15) is 9.59 Å². The van der Waals surface area contributed by atoms with Crippen LogP contribution >= 0.6 is 11.3 Å². The number of rotatable bonds is 11. The highest BCUT2D eigenvalue weighted by atomic mass is 32.1. The number of nitrogens with zero attached hydrogens (tertiary/aromatic N) is 3. The van der Waals surface area contributed by atoms with Crippen molar-refractivity contribution in [2.45, 2.75) is 32.2 Å². The number of aromatic nitrogens is 1. The van der Waals surface area contributed by atoms with Crippen molar-refractivity contribution < 1.29 is 19.1 Å². The molecule has 0 spiro atoms. The monoisotopic (exact) mass is 611 g/mol. The molecular formula is C34H37N5O4S. The van der Waals surface area contributed by atoms with Crippen LogP contribution in [0.15, 0.2) is 72.8 Å². The Morgan fingerprint density at radius 1 is 1.07 bits per heavy atom. The molecule has 1 saturated heterocycles. The minimum Gasteiger partial charge on any atom is -0.492 e. The Hall–Kier alpha value is -4.25. The van der Waals surface area contributed by atoms with E-state index in [0.29, 0.717) is 51.8 Å². The van der Waals surface area contributed by atoms with E-state index in [1.807, 2.05) is 73.7 Å². The molecule has 3 amide bonds. The number of anilines is 2. The summed E-state index contributed by atoms with van der Waals surface area (Å²) in [7, 11) is 0. The van der Waals surface area contributed by atoms with Crippen molar-refractivity contribution in [1.82, 2.24) is 15.2 Å². The summed E-state index contributed by atoms with van der Waals surface area (Å²) in [5, 5.41) is 3.37. The zero-order valence-corrected chi connectivity index (χ0v) is 25.6. The van der Waals surface area contributed by atoms with Crippen LogP contribution in [0.3, 0.4) is 0 Å². The van der Waals surface area contributed by atoms with E-state index >= 15 is 0 Å². The van der Waals surface area contributed by atoms with Crippen LogP contribution in [0.5, 0.6) is 5.75 Å². The van der Waals surface area contributed by atoms with Crippen molar-refractivity contribution in [3.05, 3.63) is 94.4 Å². The minimum atomic E-state index is -0.655. The molecule has 1 saturated carbocycles. The molecule has 44 heavy (non-hydrogen) atoms. The third kappa shape index (κ3) is 7.10. The number of nitrogens with one attached hydrogen (secondary N) is 1. The largest absolute Gasteiger partial charge is 0.492 e. The second kappa shape index (κ2) is 13.6. The molecule has 9 nitrogen and oxygen atoms in total. The smallest absolute Gasteiger partial charge is 0.325 e. The van der Waals surface area contributed by atoms with Crippen molar-refractivity contribution in [2.75, 3.05) is 44.4 Å². The van der Waals surface area contributed by atoms with Gasteiger partial charge in [-0.2, -0.15) is 0 Å². The number of nitrogens with two attached hydrogens (primary N) is 1. The highest BCUT2D eigenvalue weighted by molar-refractivity contribution is 7.18. The molecule has 1 aliphatic carbocycles. The van der Waals surface area contributed by atoms with Crippen molar-refractivity contribution in [3.8, 4) is 17.0 Å². The van der Waals surface area contributed by atoms with Crippen LogP contribution in [0.4, 0.5) is 15.6 Å². The van der Waals surface area contributed by atoms with E-state index in [4.69, 9.17) is 20.2 Å². The van der Waals surface area contributed by atoms with Gasteiger partial charge in [0.15, 0.2) is 5.13 Å². The van der Waals surface area contributed by atoms with Crippen LogP contribution in [-0.4, -0.2) is 61.3 Å². The van der Waals surface area contributed by atoms with E-state index in [1.54, 1.807) is 0 Å². The first-order valence-corrected chi connectivity index (χ1v) is 15.8. The lowest BCUT2D eigenvalue weighted by Gasteiger charge is -2.26. The fraction of sp³-hybridized carbons (Fsp3) is 0.324. The van der Waals surface area contributed by atoms with E-state index in [-0.39, 0.29) is 5.91 Å². The summed E-state index contributed by atoms with van der Waals surface area (Å²) in [6.07, 6.45) is 2.27. The summed E-state index contributed by atoms with van der Waals surface area (Å²) < 4.78 is 11.5. The SMILES string of the molecule is Cc1ccc(C2CC2)cc1N(C(N)=O)c1nc(-c2cccc(OCCN3CCOCC3)c2)c(C(=O)NCc2ccccc2)s1. The standard InChI is InChI=1S/C34H37N5O4S/c1-23-10-11-26(25-12-13-25)21-29(23)39(33(35)41)34-37-30(31(44-34)32(40)36-22-24-6-3-2-4-7-24)27-8-5-9-28(20-27)43-19-16-38-14-17-42-18-15-38/h2-11,20-21,25H,12-19,22H2,1H3,(H2,35,41)(H,36,40). The van der Waals surface area contributed by atoms with Crippen LogP contribution in [0, 0.1) is 6.92 Å². The number of hydrogen-bond acceptors (Lipinski definition) is 7. The molecule has 3 N–H and O–H groups in total. The zero-order valence-electron chi connectivity index (χ0n) is 24.8. The van der Waals surface area contributed by atoms with Gasteiger partial charge in [-0.3, -0.25) is 9.69 Å². The summed E-state index contributed by atoms with van der Waals surface area (Å²) in [4.78, 5) is 35.7. The second-order valence-electron chi connectivity index (χ2n) is 11.2. The van der Waals surface area contributed by atoms with E-state index in [2.05, 4.69) is 16.3 Å². The molecule has 3 aromatic carbocycles. The number of carbonyl (C=O) groups excluding carboxylic acids is 2. The first-order chi connectivity index (χ1) is 21.5. The molecular weight excluding hydrogens is 574 g/mol. The molecule has 228 valence electrons. The van der Waals surface area contributed by atoms with Crippen molar-refractivity contribution >= 4 is 34.1 Å². The molecule has 0 radical (unpaired) electrons. The lowest BCUT2D eigenvalue weighted by atomic mass is 10.1. The Labute approximate surface area is 261 Å². The van der Waals surface area contributed by atoms with E-state index in [1.165, 1.54) is 10.5 Å². The average Bonchev–Trinajstić information content (AvgIpc) is 3.80. The van der Waals surface area contributed by atoms with Gasteiger partial charge >= 0.3 is 6.03 Å². The van der Waals surface area contributed by atoms with Crippen LogP contribution in [-0.2, 0) is 11.3 Å². The third-order valence-corrected chi connectivity index (χ3v) is 8.98. The molecule has 0 unspecified atom stereocenters. The lowest BCUT2D eigenvalue weighted by Crippen LogP contribution is -2.38. The van der Waals surface area contributed by atoms with Crippen LogP contribution < -0.4 is 20.7 Å². The number of carbonyl (C=O) groups is 2. The van der Waals surface area contributed by atoms with Crippen molar-refractivity contribution in [2.24, 2.45) is 5.73 Å². The van der Waals surface area contributed by atoms with Crippen LogP contribution in [0.2, 0.25) is 0 Å². The van der Waals surface area contributed by atoms with Crippen molar-refractivity contribution in [3.63, 3.8) is 0 Å². The van der Waals surface area contributed by atoms with Gasteiger partial charge in [-0.15, -0.1) is 0 Å². The molecule has 1 aromatic heterocycles. The van der Waals surface area contributed by atoms with Gasteiger partial charge < -0.3 is 20.5 Å². The molecule has 10 heteroatoms. The first-order valence-electron chi connectivity index (χ1n) is 15.0. The van der Waals surface area contributed by atoms with Crippen molar-refractivity contribution in [1.29, 1.82) is 0 Å². The Kier molecular flexibility index (Phi) is 9.20. The van der Waals surface area contributed by atoms with Gasteiger partial charge in [0, 0.05) is 31.7 Å². The molecule has 2 fully saturated rings. The molecule has 2 heterocycles. The summed E-state index contributed by atoms with van der Waals surface area (Å²) in [5.41, 5.74) is 10.9. The van der Waals surface area contributed by atoms with Crippen LogP contribution in [0.25, 0.3) is 11.3 Å². The van der Waals surface area contributed by atoms with Gasteiger partial charge in [0.05, 0.1) is 24.6 Å². The fourth-order valence-electron chi connectivity index (χ4n) is 5.32. The number of morpholine rings is 1. The predicted octanol–water partition coefficient (Wildman–Crippen LogP) is 5.85. The van der Waals surface area contributed by atoms with Crippen LogP contribution in [0.1, 0.15) is 45.1 Å². The number of aryl methyl sites for hydroxylation is 1. The molecule has 6 rings (SSSR count). The van der Waals surface area contributed by atoms with E-state index in [0.717, 1.165) is 68.2 Å². The summed E-state index contributed by atoms with van der Waals surface area (Å²) in [6, 6.07) is 22.8. The number of primary amides is 1. The number of urea groups is 1. The van der Waals surface area contributed by atoms with E-state index < -0.39 is 6.03 Å². The maximum atomic E-state index is 13.7. The zero-order chi connectivity index (χ0) is 30.5. The Morgan fingerprint density at radius 3 is 2.61 bits per heavy atom. The first kappa shape index (κ1) is 29.8. The highest BCUT2D eigenvalue weighted by Crippen LogP contribution is 2.43. The minimum absolute atomic E-state index is 0.279. The van der Waals surface area contributed by atoms with Gasteiger partial charge in [-0.1, -0.05) is 65.9 Å². The van der Waals surface area contributed by atoms with Gasteiger partial charge in [0.25, 0.3) is 5.91 Å². The quantitative estimate of drug-likeness (QED) is 0.220. The number of hydrogen-bond donors (Lipinski definition) is 2. The molecule has 4 aromatic rings. The fourth-order valence-corrected chi connectivity index (χ4v) is 6.34. The summed E-state index contributed by atoms with van der Waals surface area (Å²) in [6.45, 7) is 6.90. The number of ether oxygens (including phenoxy) is 2. The average molecular weight is 612 g/mol. The second-order valence-corrected chi connectivity index (χ2v) is 12.1.